The summed E-state index contributed by atoms with van der Waals surface area (Å²) in [6, 6.07) is 48.4. The Labute approximate surface area is 457 Å². The van der Waals surface area contributed by atoms with Crippen LogP contribution in [0.2, 0.25) is 0 Å². The highest BCUT2D eigenvalue weighted by Gasteiger charge is 2.42. The molecule has 1 N–H and O–H groups in total. The van der Waals surface area contributed by atoms with E-state index in [1.165, 1.54) is 166 Å². The number of nitrogens with zero attached hydrogens (tertiary/aromatic N) is 1. The van der Waals surface area contributed by atoms with Gasteiger partial charge in [-0.2, -0.15) is 0 Å². The molecule has 3 aromatic heterocycles. The molecule has 1 aliphatic heterocycles. The molecule has 3 aliphatic carbocycles. The zero-order chi connectivity index (χ0) is 52.5. The smallest absolute Gasteiger partial charge is 0.197 e. The summed E-state index contributed by atoms with van der Waals surface area (Å²) in [5.74, 6) is 0. The highest BCUT2D eigenvalue weighted by atomic mass is 32.1. The van der Waals surface area contributed by atoms with E-state index in [1.807, 2.05) is 22.7 Å². The van der Waals surface area contributed by atoms with Crippen LogP contribution in [0.1, 0.15) is 155 Å². The van der Waals surface area contributed by atoms with Gasteiger partial charge in [-0.25, -0.2) is 0 Å². The van der Waals surface area contributed by atoms with Gasteiger partial charge in [-0.1, -0.05) is 156 Å². The number of anilines is 2. The third kappa shape index (κ3) is 6.39. The van der Waals surface area contributed by atoms with Crippen LogP contribution in [0, 0.1) is 0 Å². The number of rotatable bonds is 3. The lowest BCUT2D eigenvalue weighted by molar-refractivity contribution is 0.332. The van der Waals surface area contributed by atoms with Gasteiger partial charge in [-0.3, -0.25) is 0 Å². The van der Waals surface area contributed by atoms with Crippen molar-refractivity contribution in [2.75, 3.05) is 5.32 Å². The van der Waals surface area contributed by atoms with Crippen LogP contribution < -0.4 is 16.2 Å². The van der Waals surface area contributed by atoms with E-state index >= 15 is 0 Å². The molecule has 4 aliphatic rings. The quantitative estimate of drug-likeness (QED) is 0.175. The third-order valence-electron chi connectivity index (χ3n) is 19.7. The molecule has 0 unspecified atom stereocenters. The molecule has 0 fully saturated rings. The third-order valence-corrected chi connectivity index (χ3v) is 22.0. The molecule has 0 saturated carbocycles. The summed E-state index contributed by atoms with van der Waals surface area (Å²) < 4.78 is 8.16. The summed E-state index contributed by atoms with van der Waals surface area (Å²) >= 11 is 3.96. The summed E-state index contributed by atoms with van der Waals surface area (Å²) in [5, 5.41) is 12.3. The lowest BCUT2D eigenvalue weighted by Gasteiger charge is -2.42. The van der Waals surface area contributed by atoms with E-state index in [2.05, 4.69) is 228 Å². The standard InChI is InChI=1S/C71H68BN2S2/c1-66(2,3)38-22-24-39(25-23-38)73-54-37-59-43(44-31-49-52(36-58(44)75-59)70(10,11)29-27-67(49,4)5)30-45(54)60-61-41-19-15-17-21-57(41)76-65(61)62-46-32-50-51(69(8,9)28-26-68(50,6)7)35-55(46)74-56-34-48-42(33-53(56)72-63(60)64(62)74)40-18-14-16-20-47(40)71(48,12)13/h14-25,30-37,73H,26-29H2,1-13H3. The molecule has 0 spiro atoms. The minimum absolute atomic E-state index is 0.0521. The van der Waals surface area contributed by atoms with Crippen molar-refractivity contribution >= 4 is 114 Å². The van der Waals surface area contributed by atoms with E-state index in [9.17, 15) is 0 Å². The predicted octanol–water partition coefficient (Wildman–Crippen LogP) is 19.2. The highest BCUT2D eigenvalue weighted by molar-refractivity contribution is 7.27. The van der Waals surface area contributed by atoms with E-state index in [1.54, 1.807) is 0 Å². The summed E-state index contributed by atoms with van der Waals surface area (Å²) in [4.78, 5) is 0. The molecule has 0 bridgehead atoms. The number of benzene rings is 8. The second-order valence-corrected chi connectivity index (χ2v) is 29.9. The van der Waals surface area contributed by atoms with Gasteiger partial charge in [0.05, 0.1) is 11.0 Å². The summed E-state index contributed by atoms with van der Waals surface area (Å²) in [6.45, 7) is 31.6. The lowest BCUT2D eigenvalue weighted by atomic mass is 9.58. The van der Waals surface area contributed by atoms with Crippen molar-refractivity contribution in [3.63, 3.8) is 0 Å². The topological polar surface area (TPSA) is 17.0 Å². The van der Waals surface area contributed by atoms with Gasteiger partial charge in [-0.15, -0.1) is 22.7 Å². The molecule has 4 heterocycles. The minimum Gasteiger partial charge on any atom is -0.355 e. The first-order valence-electron chi connectivity index (χ1n) is 28.1. The molecule has 0 atom stereocenters. The van der Waals surface area contributed by atoms with Crippen molar-refractivity contribution in [1.29, 1.82) is 0 Å². The maximum absolute atomic E-state index is 4.15. The Morgan fingerprint density at radius 3 is 1.80 bits per heavy atom. The molecule has 0 amide bonds. The summed E-state index contributed by atoms with van der Waals surface area (Å²) in [5.41, 5.74) is 24.5. The van der Waals surface area contributed by atoms with Gasteiger partial charge in [0.2, 0.25) is 0 Å². The number of nitrogens with one attached hydrogen (secondary N) is 1. The van der Waals surface area contributed by atoms with Crippen LogP contribution in [-0.2, 0) is 32.5 Å². The fourth-order valence-electron chi connectivity index (χ4n) is 14.8. The number of hydrogen-bond acceptors (Lipinski definition) is 3. The van der Waals surface area contributed by atoms with Crippen molar-refractivity contribution in [3.8, 4) is 27.9 Å². The monoisotopic (exact) mass is 1020 g/mol. The minimum atomic E-state index is -0.135. The number of hydrogen-bond donors (Lipinski definition) is 1. The maximum Gasteiger partial charge on any atom is 0.197 e. The molecule has 11 aromatic rings. The average Bonchev–Trinajstić information content (AvgIpc) is 4.30. The Morgan fingerprint density at radius 2 is 1.11 bits per heavy atom. The van der Waals surface area contributed by atoms with E-state index in [0.717, 1.165) is 11.4 Å². The second kappa shape index (κ2) is 15.1. The number of fused-ring (bicyclic) bond motifs is 17. The van der Waals surface area contributed by atoms with E-state index < -0.39 is 0 Å². The molecular formula is C71H68BN2S2. The van der Waals surface area contributed by atoms with Gasteiger partial charge < -0.3 is 9.88 Å². The van der Waals surface area contributed by atoms with Gasteiger partial charge in [0, 0.05) is 79.2 Å². The van der Waals surface area contributed by atoms with Gasteiger partial charge in [0.1, 0.15) is 0 Å². The summed E-state index contributed by atoms with van der Waals surface area (Å²) in [7, 11) is 2.61. The molecule has 0 saturated heterocycles. The van der Waals surface area contributed by atoms with Crippen LogP contribution in [0.25, 0.3) is 90.1 Å². The van der Waals surface area contributed by atoms with Crippen LogP contribution in [0.5, 0.6) is 0 Å². The van der Waals surface area contributed by atoms with E-state index in [0.29, 0.717) is 0 Å². The summed E-state index contributed by atoms with van der Waals surface area (Å²) in [6.07, 6.45) is 4.74. The molecule has 377 valence electrons. The van der Waals surface area contributed by atoms with E-state index in [4.69, 9.17) is 0 Å². The van der Waals surface area contributed by atoms with Gasteiger partial charge in [0.15, 0.2) is 7.28 Å². The molecule has 1 radical (unpaired) electrons. The largest absolute Gasteiger partial charge is 0.355 e. The Hall–Kier alpha value is -6.14. The average molecular weight is 1020 g/mol. The fourth-order valence-corrected chi connectivity index (χ4v) is 17.3. The molecule has 15 rings (SSSR count). The lowest BCUT2D eigenvalue weighted by Crippen LogP contribution is -2.38. The van der Waals surface area contributed by atoms with Gasteiger partial charge in [0.25, 0.3) is 0 Å². The van der Waals surface area contributed by atoms with Gasteiger partial charge >= 0.3 is 0 Å². The molecule has 8 aromatic carbocycles. The first-order valence-corrected chi connectivity index (χ1v) is 29.7. The Kier molecular flexibility index (Phi) is 9.37. The van der Waals surface area contributed by atoms with Crippen molar-refractivity contribution in [2.45, 2.75) is 148 Å². The van der Waals surface area contributed by atoms with Crippen molar-refractivity contribution in [1.82, 2.24) is 4.57 Å². The SMILES string of the molecule is CC(C)(C)c1ccc(Nc2cc3sc4cc5c(cc4c3cc2-c2c3c4c(c6cc7c(cc6n4-c4cc6c(cc4[B]3)-c3ccccc3C6(C)C)C(C)(C)CCC7(C)C)c3sc4ccccc4c23)C(C)(C)CCC5(C)C)cc1. The Bertz CT molecular complexity index is 4400. The normalized spacial score (nSPS) is 18.2. The Balaban J connectivity index is 1.11. The van der Waals surface area contributed by atoms with Gasteiger partial charge in [-0.05, 0) is 175 Å². The zero-order valence-corrected chi connectivity index (χ0v) is 48.3. The fraction of sp³-hybridized carbons (Fsp3) is 0.324. The number of thiophene rings is 2. The van der Waals surface area contributed by atoms with Crippen molar-refractivity contribution in [3.05, 3.63) is 160 Å². The predicted molar refractivity (Wildman–Crippen MR) is 334 cm³/mol. The van der Waals surface area contributed by atoms with Crippen LogP contribution in [-0.4, -0.2) is 11.8 Å². The Morgan fingerprint density at radius 1 is 0.500 bits per heavy atom. The van der Waals surface area contributed by atoms with Crippen molar-refractivity contribution in [2.24, 2.45) is 0 Å². The molecule has 2 nitrogen and oxygen atoms in total. The second-order valence-electron chi connectivity index (χ2n) is 27.7. The van der Waals surface area contributed by atoms with Crippen LogP contribution in [0.4, 0.5) is 11.4 Å². The van der Waals surface area contributed by atoms with Crippen LogP contribution in [0.15, 0.2) is 121 Å². The van der Waals surface area contributed by atoms with Crippen molar-refractivity contribution < 1.29 is 0 Å². The molecule has 76 heavy (non-hydrogen) atoms. The number of aromatic nitrogens is 1. The molecular weight excluding hydrogens is 956 g/mol. The van der Waals surface area contributed by atoms with Crippen LogP contribution >= 0.6 is 22.7 Å². The van der Waals surface area contributed by atoms with E-state index in [-0.39, 0.29) is 32.5 Å². The zero-order valence-electron chi connectivity index (χ0n) is 46.7. The highest BCUT2D eigenvalue weighted by Crippen LogP contribution is 2.56. The maximum atomic E-state index is 4.15. The molecule has 5 heteroatoms. The first-order chi connectivity index (χ1) is 36.0. The first kappa shape index (κ1) is 47.1. The van der Waals surface area contributed by atoms with Crippen LogP contribution in [0.3, 0.4) is 0 Å².